The second-order valence-corrected chi connectivity index (χ2v) is 8.83. The summed E-state index contributed by atoms with van der Waals surface area (Å²) in [6.07, 6.45) is 4.09. The van der Waals surface area contributed by atoms with Crippen molar-refractivity contribution < 1.29 is 14.3 Å². The van der Waals surface area contributed by atoms with Gasteiger partial charge in [0.15, 0.2) is 6.61 Å². The first kappa shape index (κ1) is 21.9. The summed E-state index contributed by atoms with van der Waals surface area (Å²) in [5, 5.41) is 0. The summed E-state index contributed by atoms with van der Waals surface area (Å²) in [4.78, 5) is 14.6. The number of carbonyl (C=O) groups is 1. The Kier molecular flexibility index (Phi) is 6.50. The van der Waals surface area contributed by atoms with E-state index in [4.69, 9.17) is 9.47 Å². The summed E-state index contributed by atoms with van der Waals surface area (Å²) >= 11 is 0. The fourth-order valence-electron chi connectivity index (χ4n) is 4.55. The maximum absolute atomic E-state index is 12.4. The maximum atomic E-state index is 12.4. The van der Waals surface area contributed by atoms with Crippen LogP contribution in [0.4, 0.5) is 17.1 Å². The highest BCUT2D eigenvalue weighted by molar-refractivity contribution is 5.78. The SMILES string of the molecule is Cc1cc(N(c2ccccc2)c2ccccc2)cc(C)c1OCC(=O)OC1(C)CCCC1. The summed E-state index contributed by atoms with van der Waals surface area (Å²) in [7, 11) is 0. The molecule has 32 heavy (non-hydrogen) atoms. The van der Waals surface area contributed by atoms with Gasteiger partial charge in [-0.3, -0.25) is 0 Å². The Hall–Kier alpha value is -3.27. The molecule has 0 aliphatic heterocycles. The zero-order valence-electron chi connectivity index (χ0n) is 19.1. The van der Waals surface area contributed by atoms with Crippen LogP contribution in [-0.4, -0.2) is 18.2 Å². The molecule has 0 spiro atoms. The molecule has 3 aromatic rings. The molecule has 0 saturated heterocycles. The smallest absolute Gasteiger partial charge is 0.344 e. The van der Waals surface area contributed by atoms with Crippen molar-refractivity contribution in [2.45, 2.75) is 52.1 Å². The highest BCUT2D eigenvalue weighted by Gasteiger charge is 2.32. The third-order valence-corrected chi connectivity index (χ3v) is 6.09. The van der Waals surface area contributed by atoms with Gasteiger partial charge in [0.1, 0.15) is 11.4 Å². The number of para-hydroxylation sites is 2. The van der Waals surface area contributed by atoms with E-state index in [2.05, 4.69) is 41.3 Å². The van der Waals surface area contributed by atoms with Gasteiger partial charge in [-0.05, 0) is 94.0 Å². The Balaban J connectivity index is 1.56. The number of rotatable bonds is 7. The van der Waals surface area contributed by atoms with E-state index in [1.165, 1.54) is 0 Å². The van der Waals surface area contributed by atoms with Crippen LogP contribution < -0.4 is 9.64 Å². The Morgan fingerprint density at radius 1 is 0.844 bits per heavy atom. The van der Waals surface area contributed by atoms with Crippen LogP contribution >= 0.6 is 0 Å². The topological polar surface area (TPSA) is 38.8 Å². The number of anilines is 3. The second kappa shape index (κ2) is 9.47. The lowest BCUT2D eigenvalue weighted by atomic mass is 10.1. The minimum atomic E-state index is -0.333. The fraction of sp³-hybridized carbons (Fsp3) is 0.321. The van der Waals surface area contributed by atoms with Crippen molar-refractivity contribution in [3.05, 3.63) is 83.9 Å². The van der Waals surface area contributed by atoms with Gasteiger partial charge >= 0.3 is 5.97 Å². The number of nitrogens with zero attached hydrogens (tertiary/aromatic N) is 1. The molecule has 3 aromatic carbocycles. The average molecular weight is 430 g/mol. The van der Waals surface area contributed by atoms with E-state index >= 15 is 0 Å². The highest BCUT2D eigenvalue weighted by atomic mass is 16.6. The van der Waals surface area contributed by atoms with Crippen LogP contribution in [-0.2, 0) is 9.53 Å². The number of esters is 1. The van der Waals surface area contributed by atoms with Gasteiger partial charge in [0.05, 0.1) is 0 Å². The first-order valence-corrected chi connectivity index (χ1v) is 11.3. The van der Waals surface area contributed by atoms with E-state index in [1.54, 1.807) is 0 Å². The third-order valence-electron chi connectivity index (χ3n) is 6.09. The number of aryl methyl sites for hydroxylation is 2. The summed E-state index contributed by atoms with van der Waals surface area (Å²) in [6.45, 7) is 5.98. The lowest BCUT2D eigenvalue weighted by Crippen LogP contribution is -2.30. The molecule has 0 bridgehead atoms. The number of carbonyl (C=O) groups excluding carboxylic acids is 1. The van der Waals surface area contributed by atoms with Crippen molar-refractivity contribution in [2.24, 2.45) is 0 Å². The van der Waals surface area contributed by atoms with E-state index in [1.807, 2.05) is 57.2 Å². The minimum Gasteiger partial charge on any atom is -0.481 e. The normalized spacial score (nSPS) is 14.7. The molecule has 4 nitrogen and oxygen atoms in total. The van der Waals surface area contributed by atoms with Crippen molar-refractivity contribution in [3.8, 4) is 5.75 Å². The maximum Gasteiger partial charge on any atom is 0.344 e. The average Bonchev–Trinajstić information content (AvgIpc) is 3.20. The first-order chi connectivity index (χ1) is 15.5. The lowest BCUT2D eigenvalue weighted by Gasteiger charge is -2.27. The van der Waals surface area contributed by atoms with E-state index in [0.717, 1.165) is 59.6 Å². The van der Waals surface area contributed by atoms with Crippen molar-refractivity contribution >= 4 is 23.0 Å². The Bertz CT molecular complexity index is 994. The zero-order chi connectivity index (χ0) is 22.6. The molecule has 0 amide bonds. The van der Waals surface area contributed by atoms with E-state index in [-0.39, 0.29) is 18.2 Å². The highest BCUT2D eigenvalue weighted by Crippen LogP contribution is 2.38. The Morgan fingerprint density at radius 3 is 1.84 bits per heavy atom. The van der Waals surface area contributed by atoms with Gasteiger partial charge < -0.3 is 14.4 Å². The van der Waals surface area contributed by atoms with Crippen molar-refractivity contribution in [1.29, 1.82) is 0 Å². The summed E-state index contributed by atoms with van der Waals surface area (Å²) in [5.41, 5.74) is 4.85. The summed E-state index contributed by atoms with van der Waals surface area (Å²) < 4.78 is 11.6. The van der Waals surface area contributed by atoms with Crippen LogP contribution in [0.15, 0.2) is 72.8 Å². The third kappa shape index (κ3) is 4.96. The summed E-state index contributed by atoms with van der Waals surface area (Å²) in [5.74, 6) is 0.441. The zero-order valence-corrected chi connectivity index (χ0v) is 19.1. The van der Waals surface area contributed by atoms with Crippen LogP contribution in [0.3, 0.4) is 0 Å². The Labute approximate surface area is 190 Å². The van der Waals surface area contributed by atoms with Gasteiger partial charge in [0, 0.05) is 17.1 Å². The Morgan fingerprint density at radius 2 is 1.34 bits per heavy atom. The molecule has 1 aliphatic carbocycles. The molecule has 1 saturated carbocycles. The molecule has 1 fully saturated rings. The van der Waals surface area contributed by atoms with Crippen LogP contribution in [0.5, 0.6) is 5.75 Å². The number of ether oxygens (including phenoxy) is 2. The molecule has 4 heteroatoms. The molecule has 166 valence electrons. The predicted octanol–water partition coefficient (Wildman–Crippen LogP) is 7.03. The molecule has 0 atom stereocenters. The number of hydrogen-bond acceptors (Lipinski definition) is 4. The van der Waals surface area contributed by atoms with Crippen LogP contribution in [0.25, 0.3) is 0 Å². The molecule has 1 aliphatic rings. The number of benzene rings is 3. The largest absolute Gasteiger partial charge is 0.481 e. The van der Waals surface area contributed by atoms with Gasteiger partial charge in [0.2, 0.25) is 0 Å². The molecule has 0 heterocycles. The van der Waals surface area contributed by atoms with Crippen molar-refractivity contribution in [2.75, 3.05) is 11.5 Å². The van der Waals surface area contributed by atoms with E-state index < -0.39 is 0 Å². The van der Waals surface area contributed by atoms with Crippen molar-refractivity contribution in [3.63, 3.8) is 0 Å². The van der Waals surface area contributed by atoms with Crippen molar-refractivity contribution in [1.82, 2.24) is 0 Å². The first-order valence-electron chi connectivity index (χ1n) is 11.3. The quantitative estimate of drug-likeness (QED) is 0.378. The van der Waals surface area contributed by atoms with Gasteiger partial charge in [-0.15, -0.1) is 0 Å². The molecule has 0 radical (unpaired) electrons. The number of hydrogen-bond donors (Lipinski definition) is 0. The van der Waals surface area contributed by atoms with E-state index in [0.29, 0.717) is 0 Å². The molecule has 0 unspecified atom stereocenters. The minimum absolute atomic E-state index is 0.0717. The standard InChI is InChI=1S/C28H31NO3/c1-21-18-25(29(23-12-6-4-7-13-23)24-14-8-5-9-15-24)19-22(2)27(21)31-20-26(30)32-28(3)16-10-11-17-28/h4-9,12-15,18-19H,10-11,16-17,20H2,1-3H3. The monoisotopic (exact) mass is 429 g/mol. The van der Waals surface area contributed by atoms with Crippen LogP contribution in [0.1, 0.15) is 43.7 Å². The van der Waals surface area contributed by atoms with Gasteiger partial charge in [-0.1, -0.05) is 36.4 Å². The molecule has 0 N–H and O–H groups in total. The molecular formula is C28H31NO3. The van der Waals surface area contributed by atoms with E-state index in [9.17, 15) is 4.79 Å². The second-order valence-electron chi connectivity index (χ2n) is 8.83. The van der Waals surface area contributed by atoms with Gasteiger partial charge in [-0.25, -0.2) is 4.79 Å². The summed E-state index contributed by atoms with van der Waals surface area (Å²) in [6, 6.07) is 24.8. The molecule has 4 rings (SSSR count). The fourth-order valence-corrected chi connectivity index (χ4v) is 4.55. The lowest BCUT2D eigenvalue weighted by molar-refractivity contribution is -0.159. The van der Waals surface area contributed by atoms with Crippen LogP contribution in [0, 0.1) is 13.8 Å². The molecule has 0 aromatic heterocycles. The predicted molar refractivity (Wildman–Crippen MR) is 129 cm³/mol. The van der Waals surface area contributed by atoms with Crippen LogP contribution in [0.2, 0.25) is 0 Å². The van der Waals surface area contributed by atoms with Gasteiger partial charge in [-0.2, -0.15) is 0 Å². The van der Waals surface area contributed by atoms with Gasteiger partial charge in [0.25, 0.3) is 0 Å². The molecular weight excluding hydrogens is 398 g/mol.